The fraction of sp³-hybridized carbons (Fsp3) is 0.320. The number of ether oxygens (including phenoxy) is 4. The lowest BCUT2D eigenvalue weighted by Gasteiger charge is -2.14. The Morgan fingerprint density at radius 1 is 0.875 bits per heavy atom. The Morgan fingerprint density at radius 2 is 1.62 bits per heavy atom. The molecule has 2 aromatic carbocycles. The molecule has 0 unspecified atom stereocenters. The van der Waals surface area contributed by atoms with E-state index in [4.69, 9.17) is 23.4 Å². The standard InChI is InChI=1S/C25H29NO6/c1-28-22-13-18(14-23(29-2)25(22)30-3)9-10-24(27)26-15-19-6-4-7-20(12-19)16-31-17-21-8-5-11-32-21/h4-8,11-14H,9-10,15-17H2,1-3H3,(H,26,27). The Bertz CT molecular complexity index is 974. The summed E-state index contributed by atoms with van der Waals surface area (Å²) in [4.78, 5) is 12.4. The van der Waals surface area contributed by atoms with Gasteiger partial charge in [-0.15, -0.1) is 0 Å². The zero-order valence-corrected chi connectivity index (χ0v) is 18.7. The van der Waals surface area contributed by atoms with Crippen molar-refractivity contribution < 1.29 is 28.2 Å². The summed E-state index contributed by atoms with van der Waals surface area (Å²) in [6.45, 7) is 1.36. The van der Waals surface area contributed by atoms with Gasteiger partial charge in [-0.3, -0.25) is 4.79 Å². The van der Waals surface area contributed by atoms with Gasteiger partial charge in [0.1, 0.15) is 12.4 Å². The van der Waals surface area contributed by atoms with Crippen molar-refractivity contribution in [1.29, 1.82) is 0 Å². The van der Waals surface area contributed by atoms with Crippen LogP contribution in [0.4, 0.5) is 0 Å². The molecule has 3 aromatic rings. The van der Waals surface area contributed by atoms with E-state index in [1.165, 1.54) is 0 Å². The lowest BCUT2D eigenvalue weighted by atomic mass is 10.1. The zero-order valence-electron chi connectivity index (χ0n) is 18.7. The summed E-state index contributed by atoms with van der Waals surface area (Å²) in [5.74, 6) is 2.46. The highest BCUT2D eigenvalue weighted by molar-refractivity contribution is 5.76. The van der Waals surface area contributed by atoms with Crippen LogP contribution in [0.5, 0.6) is 17.2 Å². The maximum atomic E-state index is 12.4. The average Bonchev–Trinajstić information content (AvgIpc) is 3.34. The van der Waals surface area contributed by atoms with E-state index in [1.54, 1.807) is 27.6 Å². The van der Waals surface area contributed by atoms with Gasteiger partial charge in [0.2, 0.25) is 11.7 Å². The van der Waals surface area contributed by atoms with Crippen LogP contribution in [0.25, 0.3) is 0 Å². The molecule has 0 saturated carbocycles. The molecule has 0 spiro atoms. The van der Waals surface area contributed by atoms with E-state index in [0.717, 1.165) is 22.5 Å². The predicted molar refractivity (Wildman–Crippen MR) is 120 cm³/mol. The van der Waals surface area contributed by atoms with Crippen LogP contribution >= 0.6 is 0 Å². The second kappa shape index (κ2) is 11.8. The van der Waals surface area contributed by atoms with Gasteiger partial charge in [0, 0.05) is 13.0 Å². The fourth-order valence-corrected chi connectivity index (χ4v) is 3.32. The molecule has 0 aliphatic rings. The molecule has 0 fully saturated rings. The van der Waals surface area contributed by atoms with Gasteiger partial charge in [-0.05, 0) is 47.4 Å². The number of hydrogen-bond acceptors (Lipinski definition) is 6. The highest BCUT2D eigenvalue weighted by atomic mass is 16.5. The molecule has 170 valence electrons. The topological polar surface area (TPSA) is 79.2 Å². The first-order chi connectivity index (χ1) is 15.6. The molecule has 0 saturated heterocycles. The van der Waals surface area contributed by atoms with E-state index in [2.05, 4.69) is 5.32 Å². The predicted octanol–water partition coefficient (Wildman–Crippen LogP) is 4.27. The number of amides is 1. The molecule has 0 bridgehead atoms. The molecule has 7 nitrogen and oxygen atoms in total. The Morgan fingerprint density at radius 3 is 2.28 bits per heavy atom. The quantitative estimate of drug-likeness (QED) is 0.454. The number of nitrogens with one attached hydrogen (secondary N) is 1. The third-order valence-electron chi connectivity index (χ3n) is 4.94. The second-order valence-electron chi connectivity index (χ2n) is 7.20. The van der Waals surface area contributed by atoms with Crippen molar-refractivity contribution in [2.75, 3.05) is 21.3 Å². The van der Waals surface area contributed by atoms with E-state index >= 15 is 0 Å². The van der Waals surface area contributed by atoms with Crippen LogP contribution in [0.2, 0.25) is 0 Å². The molecule has 0 aliphatic carbocycles. The molecular weight excluding hydrogens is 410 g/mol. The van der Waals surface area contributed by atoms with Crippen molar-refractivity contribution in [1.82, 2.24) is 5.32 Å². The van der Waals surface area contributed by atoms with Crippen LogP contribution < -0.4 is 19.5 Å². The molecule has 0 aliphatic heterocycles. The zero-order chi connectivity index (χ0) is 22.8. The Hall–Kier alpha value is -3.45. The van der Waals surface area contributed by atoms with E-state index in [-0.39, 0.29) is 5.91 Å². The van der Waals surface area contributed by atoms with Crippen LogP contribution in [0.3, 0.4) is 0 Å². The molecule has 7 heteroatoms. The molecule has 1 N–H and O–H groups in total. The largest absolute Gasteiger partial charge is 0.493 e. The number of furan rings is 1. The molecule has 0 radical (unpaired) electrons. The van der Waals surface area contributed by atoms with Crippen LogP contribution in [0, 0.1) is 0 Å². The van der Waals surface area contributed by atoms with E-state index < -0.39 is 0 Å². The van der Waals surface area contributed by atoms with Crippen molar-refractivity contribution in [3.05, 3.63) is 77.2 Å². The first kappa shape index (κ1) is 23.2. The SMILES string of the molecule is COc1cc(CCC(=O)NCc2cccc(COCc3ccco3)c2)cc(OC)c1OC. The van der Waals surface area contributed by atoms with Crippen molar-refractivity contribution in [3.63, 3.8) is 0 Å². The van der Waals surface area contributed by atoms with Crippen LogP contribution in [0.15, 0.2) is 59.2 Å². The van der Waals surface area contributed by atoms with Gasteiger partial charge in [-0.1, -0.05) is 24.3 Å². The third-order valence-corrected chi connectivity index (χ3v) is 4.94. The summed E-state index contributed by atoms with van der Waals surface area (Å²) < 4.78 is 27.0. The molecule has 3 rings (SSSR count). The Kier molecular flexibility index (Phi) is 8.57. The molecular formula is C25H29NO6. The summed E-state index contributed by atoms with van der Waals surface area (Å²) in [6.07, 6.45) is 2.54. The van der Waals surface area contributed by atoms with Gasteiger partial charge in [0.25, 0.3) is 0 Å². The smallest absolute Gasteiger partial charge is 0.220 e. The van der Waals surface area contributed by atoms with E-state index in [1.807, 2.05) is 48.5 Å². The van der Waals surface area contributed by atoms with Crippen LogP contribution in [0.1, 0.15) is 28.9 Å². The molecule has 32 heavy (non-hydrogen) atoms. The summed E-state index contributed by atoms with van der Waals surface area (Å²) in [7, 11) is 4.71. The average molecular weight is 440 g/mol. The minimum absolute atomic E-state index is 0.0294. The first-order valence-corrected chi connectivity index (χ1v) is 10.4. The number of methoxy groups -OCH3 is 3. The minimum atomic E-state index is -0.0294. The first-order valence-electron chi connectivity index (χ1n) is 10.4. The minimum Gasteiger partial charge on any atom is -0.493 e. The molecule has 1 heterocycles. The summed E-state index contributed by atoms with van der Waals surface area (Å²) in [5.41, 5.74) is 3.00. The number of aryl methyl sites for hydroxylation is 1. The molecule has 1 aromatic heterocycles. The van der Waals surface area contributed by atoms with Crippen molar-refractivity contribution in [2.24, 2.45) is 0 Å². The van der Waals surface area contributed by atoms with Crippen molar-refractivity contribution in [3.8, 4) is 17.2 Å². The third kappa shape index (κ3) is 6.52. The maximum absolute atomic E-state index is 12.4. The van der Waals surface area contributed by atoms with Crippen LogP contribution in [-0.2, 0) is 35.7 Å². The van der Waals surface area contributed by atoms with Crippen molar-refractivity contribution in [2.45, 2.75) is 32.6 Å². The van der Waals surface area contributed by atoms with Gasteiger partial charge in [-0.25, -0.2) is 0 Å². The van der Waals surface area contributed by atoms with E-state index in [9.17, 15) is 4.79 Å². The number of hydrogen-bond donors (Lipinski definition) is 1. The van der Waals surface area contributed by atoms with Gasteiger partial charge in [0.05, 0.1) is 34.2 Å². The lowest BCUT2D eigenvalue weighted by molar-refractivity contribution is -0.121. The highest BCUT2D eigenvalue weighted by Gasteiger charge is 2.14. The van der Waals surface area contributed by atoms with Gasteiger partial charge in [-0.2, -0.15) is 0 Å². The van der Waals surface area contributed by atoms with E-state index in [0.29, 0.717) is 49.8 Å². The Balaban J connectivity index is 1.47. The Labute approximate surface area is 188 Å². The summed E-state index contributed by atoms with van der Waals surface area (Å²) in [6, 6.07) is 15.4. The normalized spacial score (nSPS) is 10.6. The monoisotopic (exact) mass is 439 g/mol. The summed E-state index contributed by atoms with van der Waals surface area (Å²) >= 11 is 0. The fourth-order valence-electron chi connectivity index (χ4n) is 3.32. The molecule has 1 amide bonds. The molecule has 0 atom stereocenters. The van der Waals surface area contributed by atoms with Gasteiger partial charge < -0.3 is 28.7 Å². The number of carbonyl (C=O) groups excluding carboxylic acids is 1. The van der Waals surface area contributed by atoms with Crippen LogP contribution in [-0.4, -0.2) is 27.2 Å². The van der Waals surface area contributed by atoms with Gasteiger partial charge >= 0.3 is 0 Å². The number of rotatable bonds is 12. The number of carbonyl (C=O) groups is 1. The second-order valence-corrected chi connectivity index (χ2v) is 7.20. The maximum Gasteiger partial charge on any atom is 0.220 e. The van der Waals surface area contributed by atoms with Crippen molar-refractivity contribution >= 4 is 5.91 Å². The number of benzene rings is 2. The lowest BCUT2D eigenvalue weighted by Crippen LogP contribution is -2.23. The van der Waals surface area contributed by atoms with Gasteiger partial charge in [0.15, 0.2) is 11.5 Å². The highest BCUT2D eigenvalue weighted by Crippen LogP contribution is 2.38. The summed E-state index contributed by atoms with van der Waals surface area (Å²) in [5, 5.41) is 2.97.